The average molecular weight is 360 g/mol. The molecule has 0 saturated carbocycles. The number of anilines is 1. The Labute approximate surface area is 137 Å². The van der Waals surface area contributed by atoms with Crippen LogP contribution in [-0.2, 0) is 0 Å². The number of amides is 2. The SMILES string of the molecule is N#Cc1cccc(NC(=O)NCCOc2ccc(Br)cc2)c1. The van der Waals surface area contributed by atoms with Gasteiger partial charge in [-0.15, -0.1) is 0 Å². The smallest absolute Gasteiger partial charge is 0.319 e. The van der Waals surface area contributed by atoms with Crippen LogP contribution in [0.5, 0.6) is 5.75 Å². The summed E-state index contributed by atoms with van der Waals surface area (Å²) in [5.41, 5.74) is 1.07. The third kappa shape index (κ3) is 5.11. The Bertz CT molecular complexity index is 681. The number of carbonyl (C=O) groups is 1. The Morgan fingerprint density at radius 1 is 1.23 bits per heavy atom. The van der Waals surface area contributed by atoms with Crippen LogP contribution >= 0.6 is 15.9 Å². The van der Waals surface area contributed by atoms with Gasteiger partial charge >= 0.3 is 6.03 Å². The quantitative estimate of drug-likeness (QED) is 0.802. The van der Waals surface area contributed by atoms with E-state index >= 15 is 0 Å². The summed E-state index contributed by atoms with van der Waals surface area (Å²) >= 11 is 3.35. The predicted molar refractivity (Wildman–Crippen MR) is 87.8 cm³/mol. The van der Waals surface area contributed by atoms with E-state index in [1.807, 2.05) is 30.3 Å². The molecule has 2 rings (SSSR count). The molecule has 0 aliphatic carbocycles. The third-order valence-corrected chi connectivity index (χ3v) is 3.25. The monoisotopic (exact) mass is 359 g/mol. The first kappa shape index (κ1) is 15.9. The lowest BCUT2D eigenvalue weighted by Crippen LogP contribution is -2.32. The molecule has 0 saturated heterocycles. The molecule has 0 radical (unpaired) electrons. The largest absolute Gasteiger partial charge is 0.492 e. The van der Waals surface area contributed by atoms with Crippen molar-refractivity contribution in [2.75, 3.05) is 18.5 Å². The van der Waals surface area contributed by atoms with Gasteiger partial charge in [0.15, 0.2) is 0 Å². The highest BCUT2D eigenvalue weighted by molar-refractivity contribution is 9.10. The zero-order chi connectivity index (χ0) is 15.8. The van der Waals surface area contributed by atoms with E-state index in [9.17, 15) is 4.79 Å². The third-order valence-electron chi connectivity index (χ3n) is 2.72. The van der Waals surface area contributed by atoms with Crippen LogP contribution in [0.3, 0.4) is 0 Å². The molecule has 112 valence electrons. The molecule has 22 heavy (non-hydrogen) atoms. The number of halogens is 1. The molecule has 0 heterocycles. The van der Waals surface area contributed by atoms with Gasteiger partial charge < -0.3 is 15.4 Å². The van der Waals surface area contributed by atoms with E-state index < -0.39 is 0 Å². The van der Waals surface area contributed by atoms with Crippen LogP contribution in [0.2, 0.25) is 0 Å². The minimum atomic E-state index is -0.338. The maximum atomic E-state index is 11.7. The first-order valence-electron chi connectivity index (χ1n) is 6.61. The molecule has 0 aliphatic rings. The van der Waals surface area contributed by atoms with Gasteiger partial charge in [0.2, 0.25) is 0 Å². The molecule has 0 aliphatic heterocycles. The lowest BCUT2D eigenvalue weighted by Gasteiger charge is -2.09. The zero-order valence-corrected chi connectivity index (χ0v) is 13.3. The van der Waals surface area contributed by atoms with Crippen LogP contribution in [0.15, 0.2) is 53.0 Å². The normalized spacial score (nSPS) is 9.64. The van der Waals surface area contributed by atoms with Crippen molar-refractivity contribution in [2.24, 2.45) is 0 Å². The molecule has 2 aromatic rings. The predicted octanol–water partition coefficient (Wildman–Crippen LogP) is 3.52. The van der Waals surface area contributed by atoms with E-state index in [0.717, 1.165) is 10.2 Å². The highest BCUT2D eigenvalue weighted by Gasteiger charge is 2.02. The van der Waals surface area contributed by atoms with Crippen LogP contribution < -0.4 is 15.4 Å². The molecule has 6 heteroatoms. The van der Waals surface area contributed by atoms with Gasteiger partial charge in [-0.25, -0.2) is 4.79 Å². The summed E-state index contributed by atoms with van der Waals surface area (Å²) in [6.45, 7) is 0.743. The minimum Gasteiger partial charge on any atom is -0.492 e. The second-order valence-electron chi connectivity index (χ2n) is 4.38. The summed E-state index contributed by atoms with van der Waals surface area (Å²) < 4.78 is 6.48. The first-order valence-corrected chi connectivity index (χ1v) is 7.40. The van der Waals surface area contributed by atoms with Crippen molar-refractivity contribution in [3.8, 4) is 11.8 Å². The fourth-order valence-corrected chi connectivity index (χ4v) is 1.97. The van der Waals surface area contributed by atoms with Crippen LogP contribution in [0, 0.1) is 11.3 Å². The van der Waals surface area contributed by atoms with E-state index in [1.54, 1.807) is 24.3 Å². The maximum absolute atomic E-state index is 11.7. The second kappa shape index (κ2) is 8.05. The number of hydrogen-bond acceptors (Lipinski definition) is 3. The molecule has 0 fully saturated rings. The van der Waals surface area contributed by atoms with Gasteiger partial charge in [-0.2, -0.15) is 5.26 Å². The maximum Gasteiger partial charge on any atom is 0.319 e. The van der Waals surface area contributed by atoms with E-state index in [-0.39, 0.29) is 6.03 Å². The van der Waals surface area contributed by atoms with Crippen molar-refractivity contribution in [3.63, 3.8) is 0 Å². The molecular weight excluding hydrogens is 346 g/mol. The van der Waals surface area contributed by atoms with Crippen molar-refractivity contribution in [2.45, 2.75) is 0 Å². The van der Waals surface area contributed by atoms with Crippen molar-refractivity contribution < 1.29 is 9.53 Å². The summed E-state index contributed by atoms with van der Waals surface area (Å²) in [5, 5.41) is 14.1. The molecular formula is C16H14BrN3O2. The van der Waals surface area contributed by atoms with Crippen LogP contribution in [0.25, 0.3) is 0 Å². The zero-order valence-electron chi connectivity index (χ0n) is 11.7. The Kier molecular flexibility index (Phi) is 5.81. The summed E-state index contributed by atoms with van der Waals surface area (Å²) in [7, 11) is 0. The molecule has 0 aromatic heterocycles. The minimum absolute atomic E-state index is 0.338. The standard InChI is InChI=1S/C16H14BrN3O2/c17-13-4-6-15(7-5-13)22-9-8-19-16(21)20-14-3-1-2-12(10-14)11-18/h1-7,10H,8-9H2,(H2,19,20,21). The summed E-state index contributed by atoms with van der Waals surface area (Å²) in [4.78, 5) is 11.7. The number of nitrogens with one attached hydrogen (secondary N) is 2. The number of ether oxygens (including phenoxy) is 1. The van der Waals surface area contributed by atoms with Crippen LogP contribution in [0.1, 0.15) is 5.56 Å². The van der Waals surface area contributed by atoms with Crippen molar-refractivity contribution in [1.82, 2.24) is 5.32 Å². The number of benzene rings is 2. The molecule has 0 atom stereocenters. The van der Waals surface area contributed by atoms with Gasteiger partial charge in [-0.1, -0.05) is 22.0 Å². The van der Waals surface area contributed by atoms with Gasteiger partial charge in [-0.3, -0.25) is 0 Å². The Morgan fingerprint density at radius 3 is 2.73 bits per heavy atom. The fraction of sp³-hybridized carbons (Fsp3) is 0.125. The highest BCUT2D eigenvalue weighted by atomic mass is 79.9. The first-order chi connectivity index (χ1) is 10.7. The number of nitriles is 1. The van der Waals surface area contributed by atoms with E-state index in [0.29, 0.717) is 24.4 Å². The summed E-state index contributed by atoms with van der Waals surface area (Å²) in [6.07, 6.45) is 0. The number of hydrogen-bond donors (Lipinski definition) is 2. The summed E-state index contributed by atoms with van der Waals surface area (Å²) in [5.74, 6) is 0.743. The van der Waals surface area contributed by atoms with Crippen molar-refractivity contribution >= 4 is 27.6 Å². The van der Waals surface area contributed by atoms with Crippen LogP contribution in [0.4, 0.5) is 10.5 Å². The Hall–Kier alpha value is -2.52. The highest BCUT2D eigenvalue weighted by Crippen LogP contribution is 2.15. The molecule has 0 bridgehead atoms. The molecule has 2 amide bonds. The van der Waals surface area contributed by atoms with Gasteiger partial charge in [0, 0.05) is 10.2 Å². The molecule has 5 nitrogen and oxygen atoms in total. The topological polar surface area (TPSA) is 74.2 Å². The van der Waals surface area contributed by atoms with Crippen molar-refractivity contribution in [1.29, 1.82) is 5.26 Å². The molecule has 2 N–H and O–H groups in total. The van der Waals surface area contributed by atoms with Gasteiger partial charge in [0.25, 0.3) is 0 Å². The molecule has 0 unspecified atom stereocenters. The lowest BCUT2D eigenvalue weighted by molar-refractivity contribution is 0.247. The van der Waals surface area contributed by atoms with Crippen LogP contribution in [-0.4, -0.2) is 19.2 Å². The fourth-order valence-electron chi connectivity index (χ4n) is 1.71. The van der Waals surface area contributed by atoms with E-state index in [1.165, 1.54) is 0 Å². The number of rotatable bonds is 5. The number of urea groups is 1. The van der Waals surface area contributed by atoms with E-state index in [4.69, 9.17) is 10.00 Å². The van der Waals surface area contributed by atoms with Crippen molar-refractivity contribution in [3.05, 3.63) is 58.6 Å². The van der Waals surface area contributed by atoms with E-state index in [2.05, 4.69) is 26.6 Å². The Morgan fingerprint density at radius 2 is 2.00 bits per heavy atom. The van der Waals surface area contributed by atoms with Gasteiger partial charge in [0.05, 0.1) is 18.2 Å². The molecule has 2 aromatic carbocycles. The summed E-state index contributed by atoms with van der Waals surface area (Å²) in [6, 6.07) is 15.9. The number of nitrogens with zero attached hydrogens (tertiary/aromatic N) is 1. The number of carbonyl (C=O) groups excluding carboxylic acids is 1. The second-order valence-corrected chi connectivity index (χ2v) is 5.29. The average Bonchev–Trinajstić information content (AvgIpc) is 2.53. The van der Waals surface area contributed by atoms with Gasteiger partial charge in [0.1, 0.15) is 12.4 Å². The lowest BCUT2D eigenvalue weighted by atomic mass is 10.2. The Balaban J connectivity index is 1.71. The molecule has 0 spiro atoms. The van der Waals surface area contributed by atoms with Gasteiger partial charge in [-0.05, 0) is 42.5 Å².